The Morgan fingerprint density at radius 1 is 1.05 bits per heavy atom. The van der Waals surface area contributed by atoms with Crippen LogP contribution in [0.5, 0.6) is 0 Å². The molecule has 3 aromatic rings. The van der Waals surface area contributed by atoms with E-state index in [1.54, 1.807) is 18.3 Å². The van der Waals surface area contributed by atoms with Crippen LogP contribution in [0.4, 0.5) is 5.69 Å². The minimum absolute atomic E-state index is 0.595. The monoisotopic (exact) mass is 247 g/mol. The molecule has 0 spiro atoms. The zero-order valence-corrected chi connectivity index (χ0v) is 9.91. The lowest BCUT2D eigenvalue weighted by Gasteiger charge is -1.94. The Kier molecular flexibility index (Phi) is 2.75. The molecule has 1 aromatic carbocycles. The third-order valence-electron chi connectivity index (χ3n) is 2.65. The number of pyridine rings is 1. The van der Waals surface area contributed by atoms with Crippen LogP contribution in [-0.2, 0) is 0 Å². The van der Waals surface area contributed by atoms with E-state index in [0.717, 1.165) is 11.3 Å². The molecule has 0 unspecified atom stereocenters. The molecule has 90 valence electrons. The lowest BCUT2D eigenvalue weighted by atomic mass is 10.2. The summed E-state index contributed by atoms with van der Waals surface area (Å²) in [5.41, 5.74) is 2.22. The van der Waals surface area contributed by atoms with Crippen molar-refractivity contribution >= 4 is 5.69 Å². The van der Waals surface area contributed by atoms with Gasteiger partial charge in [-0.1, -0.05) is 30.3 Å². The molecular formula is C14H9N5. The van der Waals surface area contributed by atoms with E-state index in [-0.39, 0.29) is 0 Å². The highest BCUT2D eigenvalue weighted by Gasteiger charge is 2.08. The Hall–Kier alpha value is -3.00. The molecule has 2 heterocycles. The standard InChI is InChI=1S/C14H9N5/c1-15-11-7-5-10(6-8-11)13-17-14(19-18-13)12-4-2-3-9-16-12/h2-9H,(H,17,18,19). The summed E-state index contributed by atoms with van der Waals surface area (Å²) < 4.78 is 0. The zero-order chi connectivity index (χ0) is 13.1. The Morgan fingerprint density at radius 3 is 2.58 bits per heavy atom. The van der Waals surface area contributed by atoms with E-state index >= 15 is 0 Å². The highest BCUT2D eigenvalue weighted by molar-refractivity contribution is 5.62. The number of nitrogens with zero attached hydrogens (tertiary/aromatic N) is 4. The predicted octanol–water partition coefficient (Wildman–Crippen LogP) is 3.08. The molecule has 5 nitrogen and oxygen atoms in total. The van der Waals surface area contributed by atoms with Crippen LogP contribution < -0.4 is 0 Å². The molecule has 5 heteroatoms. The van der Waals surface area contributed by atoms with Gasteiger partial charge in [-0.25, -0.2) is 9.83 Å². The Balaban J connectivity index is 1.95. The molecule has 0 saturated carbocycles. The fraction of sp³-hybridized carbons (Fsp3) is 0. The van der Waals surface area contributed by atoms with E-state index in [1.165, 1.54) is 0 Å². The summed E-state index contributed by atoms with van der Waals surface area (Å²) in [7, 11) is 0. The maximum atomic E-state index is 6.91. The molecule has 0 saturated heterocycles. The fourth-order valence-corrected chi connectivity index (χ4v) is 1.69. The number of benzene rings is 1. The second kappa shape index (κ2) is 4.70. The van der Waals surface area contributed by atoms with E-state index < -0.39 is 0 Å². The summed E-state index contributed by atoms with van der Waals surface area (Å²) in [6, 6.07) is 12.8. The summed E-state index contributed by atoms with van der Waals surface area (Å²) in [6.07, 6.45) is 1.71. The summed E-state index contributed by atoms with van der Waals surface area (Å²) in [5.74, 6) is 1.22. The molecule has 0 aliphatic carbocycles. The number of hydrogen-bond donors (Lipinski definition) is 1. The van der Waals surface area contributed by atoms with E-state index in [4.69, 9.17) is 6.57 Å². The average molecular weight is 247 g/mol. The Bertz CT molecular complexity index is 723. The number of H-pyrrole nitrogens is 1. The molecule has 0 radical (unpaired) electrons. The van der Waals surface area contributed by atoms with Crippen LogP contribution in [0.15, 0.2) is 48.7 Å². The van der Waals surface area contributed by atoms with E-state index in [9.17, 15) is 0 Å². The smallest absolute Gasteiger partial charge is 0.187 e. The highest BCUT2D eigenvalue weighted by atomic mass is 15.2. The largest absolute Gasteiger partial charge is 0.257 e. The summed E-state index contributed by atoms with van der Waals surface area (Å²) in [6.45, 7) is 6.91. The fourth-order valence-electron chi connectivity index (χ4n) is 1.69. The van der Waals surface area contributed by atoms with Gasteiger partial charge in [-0.3, -0.25) is 10.1 Å². The summed E-state index contributed by atoms with van der Waals surface area (Å²) in [5, 5.41) is 7.03. The van der Waals surface area contributed by atoms with E-state index in [0.29, 0.717) is 17.3 Å². The van der Waals surface area contributed by atoms with Crippen molar-refractivity contribution in [1.29, 1.82) is 0 Å². The van der Waals surface area contributed by atoms with Crippen molar-refractivity contribution < 1.29 is 0 Å². The third-order valence-corrected chi connectivity index (χ3v) is 2.65. The van der Waals surface area contributed by atoms with Gasteiger partial charge in [0.2, 0.25) is 0 Å². The van der Waals surface area contributed by atoms with Crippen LogP contribution in [0.3, 0.4) is 0 Å². The number of nitrogens with one attached hydrogen (secondary N) is 1. The highest BCUT2D eigenvalue weighted by Crippen LogP contribution is 2.21. The van der Waals surface area contributed by atoms with Gasteiger partial charge in [0.15, 0.2) is 17.3 Å². The predicted molar refractivity (Wildman–Crippen MR) is 71.3 cm³/mol. The lowest BCUT2D eigenvalue weighted by Crippen LogP contribution is -1.84. The van der Waals surface area contributed by atoms with E-state index in [1.807, 2.05) is 30.3 Å². The SMILES string of the molecule is [C-]#[N+]c1ccc(-c2n[nH]c(-c3ccccn3)n2)cc1. The van der Waals surface area contributed by atoms with Crippen LogP contribution in [0, 0.1) is 6.57 Å². The zero-order valence-electron chi connectivity index (χ0n) is 9.91. The van der Waals surface area contributed by atoms with Gasteiger partial charge in [-0.2, -0.15) is 5.10 Å². The van der Waals surface area contributed by atoms with Crippen LogP contribution in [0.2, 0.25) is 0 Å². The topological polar surface area (TPSA) is 58.8 Å². The first-order valence-electron chi connectivity index (χ1n) is 5.68. The first kappa shape index (κ1) is 11.1. The van der Waals surface area contributed by atoms with Gasteiger partial charge in [0.1, 0.15) is 5.69 Å². The van der Waals surface area contributed by atoms with Crippen molar-refractivity contribution in [2.45, 2.75) is 0 Å². The van der Waals surface area contributed by atoms with Crippen molar-refractivity contribution in [3.05, 3.63) is 60.1 Å². The van der Waals surface area contributed by atoms with Crippen molar-refractivity contribution in [2.24, 2.45) is 0 Å². The van der Waals surface area contributed by atoms with E-state index in [2.05, 4.69) is 25.0 Å². The van der Waals surface area contributed by atoms with Crippen LogP contribution >= 0.6 is 0 Å². The molecule has 3 rings (SSSR count). The molecule has 0 fully saturated rings. The molecule has 1 N–H and O–H groups in total. The Labute approximate surface area is 109 Å². The molecule has 0 bridgehead atoms. The number of aromatic amines is 1. The third kappa shape index (κ3) is 2.19. The molecular weight excluding hydrogens is 238 g/mol. The lowest BCUT2D eigenvalue weighted by molar-refractivity contribution is 1.09. The first-order chi connectivity index (χ1) is 9.36. The molecule has 0 amide bonds. The number of aromatic nitrogens is 4. The van der Waals surface area contributed by atoms with Crippen molar-refractivity contribution in [2.75, 3.05) is 0 Å². The van der Waals surface area contributed by atoms with Gasteiger partial charge in [0.05, 0.1) is 6.57 Å². The minimum Gasteiger partial charge on any atom is -0.257 e. The Morgan fingerprint density at radius 2 is 1.89 bits per heavy atom. The number of rotatable bonds is 2. The van der Waals surface area contributed by atoms with Crippen molar-refractivity contribution in [1.82, 2.24) is 20.2 Å². The summed E-state index contributed by atoms with van der Waals surface area (Å²) in [4.78, 5) is 12.0. The van der Waals surface area contributed by atoms with Crippen LogP contribution in [0.25, 0.3) is 27.8 Å². The van der Waals surface area contributed by atoms with Gasteiger partial charge in [-0.05, 0) is 12.1 Å². The van der Waals surface area contributed by atoms with Crippen molar-refractivity contribution in [3.8, 4) is 22.9 Å². The first-order valence-corrected chi connectivity index (χ1v) is 5.68. The average Bonchev–Trinajstić information content (AvgIpc) is 2.98. The van der Waals surface area contributed by atoms with Gasteiger partial charge in [-0.15, -0.1) is 0 Å². The second-order valence-electron chi connectivity index (χ2n) is 3.88. The van der Waals surface area contributed by atoms with Crippen molar-refractivity contribution in [3.63, 3.8) is 0 Å². The van der Waals surface area contributed by atoms with Gasteiger partial charge in [0.25, 0.3) is 0 Å². The maximum Gasteiger partial charge on any atom is 0.187 e. The molecule has 2 aromatic heterocycles. The van der Waals surface area contributed by atoms with Gasteiger partial charge < -0.3 is 0 Å². The minimum atomic E-state index is 0.595. The van der Waals surface area contributed by atoms with Crippen LogP contribution in [-0.4, -0.2) is 20.2 Å². The normalized spacial score (nSPS) is 10.1. The van der Waals surface area contributed by atoms with Gasteiger partial charge >= 0.3 is 0 Å². The van der Waals surface area contributed by atoms with Crippen LogP contribution in [0.1, 0.15) is 0 Å². The summed E-state index contributed by atoms with van der Waals surface area (Å²) >= 11 is 0. The quantitative estimate of drug-likeness (QED) is 0.708. The molecule has 0 aliphatic rings. The number of hydrogen-bond acceptors (Lipinski definition) is 3. The van der Waals surface area contributed by atoms with Gasteiger partial charge in [0, 0.05) is 11.8 Å². The molecule has 19 heavy (non-hydrogen) atoms. The maximum absolute atomic E-state index is 6.91. The molecule has 0 atom stereocenters. The molecule has 0 aliphatic heterocycles. The second-order valence-corrected chi connectivity index (χ2v) is 3.88.